The highest BCUT2D eigenvalue weighted by atomic mass is 16.5. The van der Waals surface area contributed by atoms with E-state index in [1.54, 1.807) is 0 Å². The van der Waals surface area contributed by atoms with Crippen molar-refractivity contribution in [1.82, 2.24) is 4.90 Å². The predicted octanol–water partition coefficient (Wildman–Crippen LogP) is 3.04. The zero-order chi connectivity index (χ0) is 13.2. The Kier molecular flexibility index (Phi) is 3.65. The molecule has 1 aliphatic carbocycles. The first-order valence-corrected chi connectivity index (χ1v) is 7.50. The van der Waals surface area contributed by atoms with Gasteiger partial charge in [0.2, 0.25) is 0 Å². The van der Waals surface area contributed by atoms with Gasteiger partial charge in [-0.25, -0.2) is 0 Å². The molecule has 1 heterocycles. The van der Waals surface area contributed by atoms with Crippen molar-refractivity contribution in [2.24, 2.45) is 0 Å². The minimum absolute atomic E-state index is 0.609. The normalized spacial score (nSPS) is 23.6. The largest absolute Gasteiger partial charge is 0.494 e. The zero-order valence-corrected chi connectivity index (χ0v) is 12.0. The van der Waals surface area contributed by atoms with Crippen LogP contribution in [0.2, 0.25) is 0 Å². The molecule has 1 saturated carbocycles. The molecule has 3 heteroatoms. The number of nitrogens with one attached hydrogen (secondary N) is 1. The van der Waals surface area contributed by atoms with Gasteiger partial charge in [0.25, 0.3) is 0 Å². The molecule has 1 aromatic carbocycles. The molecule has 1 aliphatic heterocycles. The number of rotatable bonds is 5. The molecule has 19 heavy (non-hydrogen) atoms. The summed E-state index contributed by atoms with van der Waals surface area (Å²) in [4.78, 5) is 2.64. The summed E-state index contributed by atoms with van der Waals surface area (Å²) < 4.78 is 5.53. The van der Waals surface area contributed by atoms with Crippen LogP contribution in [0, 0.1) is 6.92 Å². The Bertz CT molecular complexity index is 442. The predicted molar refractivity (Wildman–Crippen MR) is 79.0 cm³/mol. The van der Waals surface area contributed by atoms with Crippen LogP contribution in [0.25, 0.3) is 0 Å². The lowest BCUT2D eigenvalue weighted by atomic mass is 10.1. The highest BCUT2D eigenvalue weighted by Gasteiger charge is 2.34. The molecule has 1 N–H and O–H groups in total. The van der Waals surface area contributed by atoms with E-state index >= 15 is 0 Å². The second-order valence-corrected chi connectivity index (χ2v) is 5.77. The topological polar surface area (TPSA) is 24.5 Å². The van der Waals surface area contributed by atoms with Crippen LogP contribution in [0.1, 0.15) is 31.7 Å². The zero-order valence-electron chi connectivity index (χ0n) is 12.0. The Labute approximate surface area is 115 Å². The quantitative estimate of drug-likeness (QED) is 0.880. The molecule has 1 aromatic rings. The summed E-state index contributed by atoms with van der Waals surface area (Å²) in [5.41, 5.74) is 2.53. The molecule has 2 aliphatic rings. The van der Waals surface area contributed by atoms with Crippen molar-refractivity contribution in [3.05, 3.63) is 23.8 Å². The van der Waals surface area contributed by atoms with Crippen molar-refractivity contribution in [3.63, 3.8) is 0 Å². The lowest BCUT2D eigenvalue weighted by molar-refractivity contribution is 0.326. The third-order valence-electron chi connectivity index (χ3n) is 4.15. The first-order valence-electron chi connectivity index (χ1n) is 7.50. The number of anilines is 1. The molecule has 0 radical (unpaired) electrons. The molecule has 0 amide bonds. The number of benzene rings is 1. The Morgan fingerprint density at radius 3 is 2.84 bits per heavy atom. The van der Waals surface area contributed by atoms with E-state index in [4.69, 9.17) is 4.74 Å². The molecule has 1 unspecified atom stereocenters. The van der Waals surface area contributed by atoms with Gasteiger partial charge in [0.1, 0.15) is 5.75 Å². The molecule has 0 spiro atoms. The van der Waals surface area contributed by atoms with Crippen LogP contribution >= 0.6 is 0 Å². The number of nitrogens with zero attached hydrogens (tertiary/aromatic N) is 1. The number of hydrogen-bond acceptors (Lipinski definition) is 3. The Hall–Kier alpha value is -1.22. The number of likely N-dealkylation sites (tertiary alicyclic amines) is 1. The summed E-state index contributed by atoms with van der Waals surface area (Å²) in [6.45, 7) is 7.37. The van der Waals surface area contributed by atoms with Crippen LogP contribution in [-0.4, -0.2) is 36.7 Å². The number of hydrogen-bond donors (Lipinski definition) is 1. The van der Waals surface area contributed by atoms with Crippen molar-refractivity contribution < 1.29 is 4.74 Å². The molecule has 3 nitrogen and oxygen atoms in total. The third kappa shape index (κ3) is 3.03. The van der Waals surface area contributed by atoms with Crippen LogP contribution in [0.3, 0.4) is 0 Å². The summed E-state index contributed by atoms with van der Waals surface area (Å²) in [6.07, 6.45) is 4.09. The van der Waals surface area contributed by atoms with E-state index in [0.717, 1.165) is 18.4 Å². The monoisotopic (exact) mass is 260 g/mol. The molecule has 0 bridgehead atoms. The molecule has 3 rings (SSSR count). The van der Waals surface area contributed by atoms with Gasteiger partial charge in [-0.3, -0.25) is 4.90 Å². The van der Waals surface area contributed by atoms with E-state index in [9.17, 15) is 0 Å². The van der Waals surface area contributed by atoms with E-state index < -0.39 is 0 Å². The molecule has 1 saturated heterocycles. The fourth-order valence-electron chi connectivity index (χ4n) is 2.95. The van der Waals surface area contributed by atoms with Crippen LogP contribution in [-0.2, 0) is 0 Å². The average molecular weight is 260 g/mol. The van der Waals surface area contributed by atoms with Gasteiger partial charge in [0, 0.05) is 30.9 Å². The van der Waals surface area contributed by atoms with Crippen LogP contribution in [0.5, 0.6) is 5.75 Å². The van der Waals surface area contributed by atoms with Gasteiger partial charge in [0.05, 0.1) is 6.61 Å². The first kappa shape index (κ1) is 12.8. The molecule has 2 fully saturated rings. The highest BCUT2D eigenvalue weighted by molar-refractivity contribution is 5.54. The minimum Gasteiger partial charge on any atom is -0.494 e. The lowest BCUT2D eigenvalue weighted by Crippen LogP contribution is -2.27. The summed E-state index contributed by atoms with van der Waals surface area (Å²) in [5, 5.41) is 3.69. The van der Waals surface area contributed by atoms with Crippen molar-refractivity contribution in [2.75, 3.05) is 25.0 Å². The Morgan fingerprint density at radius 1 is 1.32 bits per heavy atom. The Balaban J connectivity index is 1.60. The molecule has 104 valence electrons. The summed E-state index contributed by atoms with van der Waals surface area (Å²) in [5.74, 6) is 0.969. The third-order valence-corrected chi connectivity index (χ3v) is 4.15. The smallest absolute Gasteiger partial charge is 0.119 e. The summed E-state index contributed by atoms with van der Waals surface area (Å²) in [7, 11) is 0. The van der Waals surface area contributed by atoms with Gasteiger partial charge in [-0.1, -0.05) is 0 Å². The SMILES string of the molecule is CCOc1ccc(NC2CCN(C3CC3)C2)c(C)c1. The van der Waals surface area contributed by atoms with E-state index in [2.05, 4.69) is 35.3 Å². The summed E-state index contributed by atoms with van der Waals surface area (Å²) in [6, 6.07) is 7.84. The van der Waals surface area contributed by atoms with Crippen LogP contribution in [0.4, 0.5) is 5.69 Å². The molecule has 0 aromatic heterocycles. The fraction of sp³-hybridized carbons (Fsp3) is 0.625. The van der Waals surface area contributed by atoms with Crippen molar-refractivity contribution in [1.29, 1.82) is 0 Å². The van der Waals surface area contributed by atoms with Gasteiger partial charge in [-0.2, -0.15) is 0 Å². The van der Waals surface area contributed by atoms with Gasteiger partial charge >= 0.3 is 0 Å². The van der Waals surface area contributed by atoms with E-state index in [1.165, 1.54) is 43.6 Å². The number of ether oxygens (including phenoxy) is 1. The van der Waals surface area contributed by atoms with E-state index in [-0.39, 0.29) is 0 Å². The maximum atomic E-state index is 5.53. The molecular formula is C16H24N2O. The van der Waals surface area contributed by atoms with Gasteiger partial charge < -0.3 is 10.1 Å². The van der Waals surface area contributed by atoms with Crippen LogP contribution < -0.4 is 10.1 Å². The van der Waals surface area contributed by atoms with Crippen LogP contribution in [0.15, 0.2) is 18.2 Å². The first-order chi connectivity index (χ1) is 9.26. The maximum absolute atomic E-state index is 5.53. The van der Waals surface area contributed by atoms with Crippen molar-refractivity contribution >= 4 is 5.69 Å². The molecular weight excluding hydrogens is 236 g/mol. The second kappa shape index (κ2) is 5.41. The van der Waals surface area contributed by atoms with Gasteiger partial charge in [-0.15, -0.1) is 0 Å². The van der Waals surface area contributed by atoms with E-state index in [1.807, 2.05) is 6.92 Å². The second-order valence-electron chi connectivity index (χ2n) is 5.77. The molecule has 1 atom stereocenters. The van der Waals surface area contributed by atoms with E-state index in [0.29, 0.717) is 6.04 Å². The van der Waals surface area contributed by atoms with Crippen molar-refractivity contribution in [3.8, 4) is 5.75 Å². The highest BCUT2D eigenvalue weighted by Crippen LogP contribution is 2.31. The number of aryl methyl sites for hydroxylation is 1. The fourth-order valence-corrected chi connectivity index (χ4v) is 2.95. The van der Waals surface area contributed by atoms with Gasteiger partial charge in [0.15, 0.2) is 0 Å². The lowest BCUT2D eigenvalue weighted by Gasteiger charge is -2.18. The summed E-state index contributed by atoms with van der Waals surface area (Å²) >= 11 is 0. The van der Waals surface area contributed by atoms with Gasteiger partial charge in [-0.05, 0) is 56.9 Å². The average Bonchev–Trinajstić information content (AvgIpc) is 3.14. The Morgan fingerprint density at radius 2 is 2.16 bits per heavy atom. The minimum atomic E-state index is 0.609. The maximum Gasteiger partial charge on any atom is 0.119 e. The van der Waals surface area contributed by atoms with Crippen molar-refractivity contribution in [2.45, 2.75) is 45.2 Å². The standard InChI is InChI=1S/C16H24N2O/c1-3-19-15-6-7-16(12(2)10-15)17-13-8-9-18(11-13)14-4-5-14/h6-7,10,13-14,17H,3-5,8-9,11H2,1-2H3.